The summed E-state index contributed by atoms with van der Waals surface area (Å²) in [7, 11) is 0. The van der Waals surface area contributed by atoms with Crippen LogP contribution in [0, 0.1) is 0 Å². The van der Waals surface area contributed by atoms with Crippen LogP contribution in [0.1, 0.15) is 25.7 Å². The second-order valence-corrected chi connectivity index (χ2v) is 7.68. The summed E-state index contributed by atoms with van der Waals surface area (Å²) in [5, 5.41) is 0. The molecule has 0 heterocycles. The molecule has 1 heteroatoms. The van der Waals surface area contributed by atoms with E-state index in [1.165, 1.54) is 11.1 Å². The maximum Gasteiger partial charge on any atom is 0.0458 e. The molecule has 0 aliphatic rings. The van der Waals surface area contributed by atoms with Gasteiger partial charge < -0.3 is 4.90 Å². The third-order valence-electron chi connectivity index (χ3n) is 5.43. The number of anilines is 2. The maximum absolute atomic E-state index is 4.42. The van der Waals surface area contributed by atoms with Crippen LogP contribution in [-0.4, -0.2) is 0 Å². The van der Waals surface area contributed by atoms with Gasteiger partial charge in [-0.3, -0.25) is 0 Å². The van der Waals surface area contributed by atoms with E-state index in [1.807, 2.05) is 18.2 Å². The summed E-state index contributed by atoms with van der Waals surface area (Å²) in [4.78, 5) is 2.23. The van der Waals surface area contributed by atoms with Crippen molar-refractivity contribution >= 4 is 11.4 Å². The first-order chi connectivity index (χ1) is 15.1. The fraction of sp³-hybridized carbons (Fsp3) is 0.133. The average molecular weight is 406 g/mol. The summed E-state index contributed by atoms with van der Waals surface area (Å²) >= 11 is 0. The zero-order valence-corrected chi connectivity index (χ0v) is 18.3. The topological polar surface area (TPSA) is 3.24 Å². The van der Waals surface area contributed by atoms with Gasteiger partial charge in [-0.25, -0.2) is 0 Å². The number of para-hydroxylation sites is 1. The highest BCUT2D eigenvalue weighted by Crippen LogP contribution is 2.33. The van der Waals surface area contributed by atoms with Crippen LogP contribution in [0.25, 0.3) is 11.1 Å². The average Bonchev–Trinajstić information content (AvgIpc) is 2.83. The molecule has 3 rings (SSSR count). The summed E-state index contributed by atoms with van der Waals surface area (Å²) in [6.45, 7) is 16.6. The van der Waals surface area contributed by atoms with Gasteiger partial charge in [-0.15, -0.1) is 6.58 Å². The van der Waals surface area contributed by atoms with E-state index in [0.29, 0.717) is 0 Å². The Morgan fingerprint density at radius 1 is 0.613 bits per heavy atom. The number of hydrogen-bond donors (Lipinski definition) is 0. The van der Waals surface area contributed by atoms with Crippen molar-refractivity contribution in [2.45, 2.75) is 25.7 Å². The molecule has 0 unspecified atom stereocenters. The van der Waals surface area contributed by atoms with Crippen molar-refractivity contribution in [3.63, 3.8) is 0 Å². The van der Waals surface area contributed by atoms with Crippen molar-refractivity contribution in [1.82, 2.24) is 0 Å². The Morgan fingerprint density at radius 2 is 1.13 bits per heavy atom. The van der Waals surface area contributed by atoms with E-state index in [4.69, 9.17) is 0 Å². The largest absolute Gasteiger partial charge is 0.315 e. The molecule has 0 radical (unpaired) electrons. The Balaban J connectivity index is 1.79. The van der Waals surface area contributed by atoms with E-state index in [2.05, 4.69) is 104 Å². The lowest BCUT2D eigenvalue weighted by Crippen LogP contribution is -2.15. The molecule has 0 N–H and O–H groups in total. The van der Waals surface area contributed by atoms with Crippen LogP contribution in [-0.2, 0) is 0 Å². The first-order valence-electron chi connectivity index (χ1n) is 10.8. The third-order valence-corrected chi connectivity index (χ3v) is 5.43. The molecular weight excluding hydrogens is 374 g/mol. The highest BCUT2D eigenvalue weighted by atomic mass is 15.1. The summed E-state index contributed by atoms with van der Waals surface area (Å²) in [6, 6.07) is 29.5. The van der Waals surface area contributed by atoms with Gasteiger partial charge in [-0.1, -0.05) is 97.6 Å². The van der Waals surface area contributed by atoms with Crippen LogP contribution in [0.3, 0.4) is 0 Å². The summed E-state index contributed by atoms with van der Waals surface area (Å²) in [5.74, 6) is 0. The number of rotatable bonds is 11. The van der Waals surface area contributed by atoms with Crippen LogP contribution in [0.2, 0.25) is 0 Å². The summed E-state index contributed by atoms with van der Waals surface area (Å²) < 4.78 is 0. The predicted molar refractivity (Wildman–Crippen MR) is 137 cm³/mol. The van der Waals surface area contributed by atoms with E-state index >= 15 is 0 Å². The van der Waals surface area contributed by atoms with Gasteiger partial charge in [0.15, 0.2) is 0 Å². The molecule has 0 spiro atoms. The maximum atomic E-state index is 4.42. The minimum absolute atomic E-state index is 0.821. The van der Waals surface area contributed by atoms with E-state index in [0.717, 1.165) is 53.9 Å². The normalized spacial score (nSPS) is 10.3. The molecule has 0 bridgehead atoms. The van der Waals surface area contributed by atoms with Crippen LogP contribution in [0.15, 0.2) is 134 Å². The Kier molecular flexibility index (Phi) is 7.84. The highest BCUT2D eigenvalue weighted by Gasteiger charge is 2.14. The van der Waals surface area contributed by atoms with Crippen LogP contribution in [0.5, 0.6) is 0 Å². The molecule has 3 aromatic carbocycles. The molecule has 0 fully saturated rings. The van der Waals surface area contributed by atoms with Crippen LogP contribution in [0.4, 0.5) is 11.4 Å². The van der Waals surface area contributed by atoms with Gasteiger partial charge in [0, 0.05) is 17.1 Å². The minimum atomic E-state index is 0.821. The molecule has 31 heavy (non-hydrogen) atoms. The van der Waals surface area contributed by atoms with Gasteiger partial charge >= 0.3 is 0 Å². The Labute approximate surface area is 187 Å². The monoisotopic (exact) mass is 405 g/mol. The molecule has 0 amide bonds. The fourth-order valence-electron chi connectivity index (χ4n) is 3.56. The number of benzene rings is 3. The van der Waals surface area contributed by atoms with Crippen molar-refractivity contribution < 1.29 is 0 Å². The highest BCUT2D eigenvalue weighted by molar-refractivity contribution is 5.72. The van der Waals surface area contributed by atoms with Gasteiger partial charge in [0.25, 0.3) is 0 Å². The van der Waals surface area contributed by atoms with E-state index in [-0.39, 0.29) is 0 Å². The minimum Gasteiger partial charge on any atom is -0.315 e. The van der Waals surface area contributed by atoms with Crippen molar-refractivity contribution in [2.75, 3.05) is 4.90 Å². The molecule has 0 aliphatic carbocycles. The van der Waals surface area contributed by atoms with E-state index in [1.54, 1.807) is 0 Å². The van der Waals surface area contributed by atoms with E-state index < -0.39 is 0 Å². The number of allylic oxidation sites excluding steroid dienone is 4. The quantitative estimate of drug-likeness (QED) is 0.227. The van der Waals surface area contributed by atoms with Gasteiger partial charge in [-0.2, -0.15) is 0 Å². The lowest BCUT2D eigenvalue weighted by atomic mass is 9.99. The van der Waals surface area contributed by atoms with Crippen LogP contribution < -0.4 is 4.90 Å². The van der Waals surface area contributed by atoms with Gasteiger partial charge in [0.1, 0.15) is 0 Å². The summed E-state index contributed by atoms with van der Waals surface area (Å²) in [5.41, 5.74) is 7.87. The molecule has 0 aromatic heterocycles. The molecule has 0 saturated carbocycles. The predicted octanol–water partition coefficient (Wildman–Crippen LogP) is 8.86. The van der Waals surface area contributed by atoms with Gasteiger partial charge in [0.05, 0.1) is 0 Å². The van der Waals surface area contributed by atoms with Crippen molar-refractivity contribution in [1.29, 1.82) is 0 Å². The van der Waals surface area contributed by atoms with Gasteiger partial charge in [0.2, 0.25) is 0 Å². The molecule has 0 saturated heterocycles. The molecule has 1 nitrogen and oxygen atoms in total. The second kappa shape index (κ2) is 11.0. The number of hydrogen-bond acceptors (Lipinski definition) is 1. The molecule has 0 aliphatic heterocycles. The molecule has 156 valence electrons. The molecule has 3 aromatic rings. The lowest BCUT2D eigenvalue weighted by molar-refractivity contribution is 0.879. The zero-order chi connectivity index (χ0) is 22.1. The first-order valence-corrected chi connectivity index (χ1v) is 10.8. The van der Waals surface area contributed by atoms with Crippen molar-refractivity contribution in [3.8, 4) is 11.1 Å². The number of nitrogens with zero attached hydrogens (tertiary/aromatic N) is 1. The SMILES string of the molecule is C=CCCC(=C)C(=C)CCC(=C)N(c1ccccc1)c1ccc(-c2ccccc2)cc1. The van der Waals surface area contributed by atoms with Crippen molar-refractivity contribution in [2.24, 2.45) is 0 Å². The first kappa shape index (κ1) is 22.1. The fourth-order valence-corrected chi connectivity index (χ4v) is 3.56. The van der Waals surface area contributed by atoms with Gasteiger partial charge in [-0.05, 0) is 61.1 Å². The Morgan fingerprint density at radius 3 is 1.74 bits per heavy atom. The second-order valence-electron chi connectivity index (χ2n) is 7.68. The Bertz CT molecular complexity index is 1030. The smallest absolute Gasteiger partial charge is 0.0458 e. The summed E-state index contributed by atoms with van der Waals surface area (Å²) in [6.07, 6.45) is 5.44. The molecular formula is C30H31N. The Hall–Kier alpha value is -3.58. The molecule has 0 atom stereocenters. The van der Waals surface area contributed by atoms with Crippen molar-refractivity contribution in [3.05, 3.63) is 134 Å². The standard InChI is InChI=1S/C30H31N/c1-5-6-13-24(2)25(3)18-19-26(4)31(29-16-11-8-12-17-29)30-22-20-28(21-23-30)27-14-9-7-10-15-27/h5,7-12,14-17,20-23H,1-4,6,13,18-19H2. The van der Waals surface area contributed by atoms with E-state index in [9.17, 15) is 0 Å². The third kappa shape index (κ3) is 5.96. The van der Waals surface area contributed by atoms with Crippen LogP contribution >= 0.6 is 0 Å². The lowest BCUT2D eigenvalue weighted by Gasteiger charge is -2.28. The zero-order valence-electron chi connectivity index (χ0n) is 18.3.